The van der Waals surface area contributed by atoms with Gasteiger partial charge in [0.05, 0.1) is 18.8 Å². The van der Waals surface area contributed by atoms with E-state index in [1.54, 1.807) is 6.92 Å². The molecule has 0 aromatic heterocycles. The Kier molecular flexibility index (Phi) is 12.8. The van der Waals surface area contributed by atoms with Gasteiger partial charge in [0.25, 0.3) is 0 Å². The minimum absolute atomic E-state index is 0.0865. The van der Waals surface area contributed by atoms with Gasteiger partial charge in [-0.3, -0.25) is 0 Å². The summed E-state index contributed by atoms with van der Waals surface area (Å²) in [6, 6.07) is 13.2. The second-order valence-corrected chi connectivity index (χ2v) is 8.17. The molecule has 0 saturated carbocycles. The van der Waals surface area contributed by atoms with Crippen molar-refractivity contribution < 1.29 is 38.0 Å². The van der Waals surface area contributed by atoms with Crippen LogP contribution in [-0.4, -0.2) is 58.7 Å². The number of ether oxygens (including phenoxy) is 6. The molecule has 37 heavy (non-hydrogen) atoms. The number of carbonyl (C=O) groups excluding carboxylic acids is 2. The van der Waals surface area contributed by atoms with Gasteiger partial charge in [-0.2, -0.15) is 0 Å². The Bertz CT molecular complexity index is 1040. The Labute approximate surface area is 218 Å². The standard InChI is InChI=1S/C29H36O8/c1-6-7-14-35-27-19-25(34-16-18-37-29(31)22(4)20-32-5)12-13-26(27)23-8-10-24(11-9-23)33-15-17-36-28(30)21(2)3/h8-13,19H,2,4,6-7,14-18,20H2,1,3,5H3. The van der Waals surface area contributed by atoms with Crippen molar-refractivity contribution in [1.29, 1.82) is 0 Å². The summed E-state index contributed by atoms with van der Waals surface area (Å²) in [5.41, 5.74) is 2.46. The van der Waals surface area contributed by atoms with Gasteiger partial charge in [-0.25, -0.2) is 9.59 Å². The third-order valence-corrected chi connectivity index (χ3v) is 5.00. The summed E-state index contributed by atoms with van der Waals surface area (Å²) in [6.07, 6.45) is 1.94. The SMILES string of the molecule is C=C(C)C(=O)OCCOc1ccc(-c2ccc(OCCOC(=O)C(=C)COC)cc2OCCCC)cc1. The van der Waals surface area contributed by atoms with E-state index in [9.17, 15) is 9.59 Å². The van der Waals surface area contributed by atoms with Gasteiger partial charge >= 0.3 is 11.9 Å². The van der Waals surface area contributed by atoms with E-state index in [2.05, 4.69) is 20.1 Å². The zero-order chi connectivity index (χ0) is 27.0. The van der Waals surface area contributed by atoms with E-state index in [4.69, 9.17) is 28.4 Å². The Morgan fingerprint density at radius 3 is 2.03 bits per heavy atom. The summed E-state index contributed by atoms with van der Waals surface area (Å²) in [5.74, 6) is 1.01. The first-order valence-electron chi connectivity index (χ1n) is 12.1. The number of unbranched alkanes of at least 4 members (excludes halogenated alkanes) is 1. The van der Waals surface area contributed by atoms with Gasteiger partial charge in [0, 0.05) is 24.3 Å². The molecule has 0 amide bonds. The van der Waals surface area contributed by atoms with Gasteiger partial charge in [-0.1, -0.05) is 38.6 Å². The first-order chi connectivity index (χ1) is 17.8. The normalized spacial score (nSPS) is 10.4. The maximum atomic E-state index is 11.8. The van der Waals surface area contributed by atoms with E-state index >= 15 is 0 Å². The van der Waals surface area contributed by atoms with Gasteiger partial charge in [-0.15, -0.1) is 0 Å². The molecule has 8 heteroatoms. The third-order valence-electron chi connectivity index (χ3n) is 5.00. The van der Waals surface area contributed by atoms with Crippen molar-refractivity contribution in [2.45, 2.75) is 26.7 Å². The molecule has 0 heterocycles. The predicted molar refractivity (Wildman–Crippen MR) is 141 cm³/mol. The molecular weight excluding hydrogens is 476 g/mol. The fourth-order valence-corrected chi connectivity index (χ4v) is 3.05. The Morgan fingerprint density at radius 2 is 1.41 bits per heavy atom. The highest BCUT2D eigenvalue weighted by molar-refractivity contribution is 5.88. The van der Waals surface area contributed by atoms with E-state index in [0.717, 1.165) is 24.0 Å². The molecule has 0 bridgehead atoms. The van der Waals surface area contributed by atoms with Gasteiger partial charge in [0.2, 0.25) is 0 Å². The van der Waals surface area contributed by atoms with Crippen LogP contribution in [0.1, 0.15) is 26.7 Å². The molecule has 0 radical (unpaired) electrons. The number of hydrogen-bond acceptors (Lipinski definition) is 8. The zero-order valence-corrected chi connectivity index (χ0v) is 21.9. The van der Waals surface area contributed by atoms with Crippen LogP contribution in [0.4, 0.5) is 0 Å². The molecule has 0 aliphatic carbocycles. The van der Waals surface area contributed by atoms with Crippen LogP contribution in [0.5, 0.6) is 17.2 Å². The summed E-state index contributed by atoms with van der Waals surface area (Å²) in [5, 5.41) is 0. The molecule has 200 valence electrons. The number of esters is 2. The smallest absolute Gasteiger partial charge is 0.335 e. The fraction of sp³-hybridized carbons (Fsp3) is 0.379. The quantitative estimate of drug-likeness (QED) is 0.163. The average molecular weight is 513 g/mol. The Morgan fingerprint density at radius 1 is 0.784 bits per heavy atom. The molecule has 0 aliphatic heterocycles. The van der Waals surface area contributed by atoms with Crippen molar-refractivity contribution in [1.82, 2.24) is 0 Å². The monoisotopic (exact) mass is 512 g/mol. The summed E-state index contributed by atoms with van der Waals surface area (Å²) < 4.78 is 32.5. The molecular formula is C29H36O8. The van der Waals surface area contributed by atoms with E-state index in [1.165, 1.54) is 7.11 Å². The second-order valence-electron chi connectivity index (χ2n) is 8.17. The number of methoxy groups -OCH3 is 1. The Hall–Kier alpha value is -3.78. The predicted octanol–water partition coefficient (Wildman–Crippen LogP) is 5.16. The summed E-state index contributed by atoms with van der Waals surface area (Å²) in [4.78, 5) is 23.2. The van der Waals surface area contributed by atoms with Crippen LogP contribution in [0.2, 0.25) is 0 Å². The van der Waals surface area contributed by atoms with E-state index in [-0.39, 0.29) is 38.6 Å². The number of carbonyl (C=O) groups is 2. The van der Waals surface area contributed by atoms with Crippen LogP contribution >= 0.6 is 0 Å². The summed E-state index contributed by atoms with van der Waals surface area (Å²) >= 11 is 0. The minimum Gasteiger partial charge on any atom is -0.493 e. The lowest BCUT2D eigenvalue weighted by atomic mass is 10.0. The average Bonchev–Trinajstić information content (AvgIpc) is 2.89. The van der Waals surface area contributed by atoms with Crippen LogP contribution < -0.4 is 14.2 Å². The molecule has 0 unspecified atom stereocenters. The third kappa shape index (κ3) is 10.4. The fourth-order valence-electron chi connectivity index (χ4n) is 3.05. The lowest BCUT2D eigenvalue weighted by molar-refractivity contribution is -0.140. The maximum absolute atomic E-state index is 11.8. The van der Waals surface area contributed by atoms with Crippen LogP contribution in [0, 0.1) is 0 Å². The minimum atomic E-state index is -0.510. The van der Waals surface area contributed by atoms with Gasteiger partial charge in [0.1, 0.15) is 43.7 Å². The highest BCUT2D eigenvalue weighted by Gasteiger charge is 2.11. The second kappa shape index (κ2) is 16.1. The molecule has 0 spiro atoms. The largest absolute Gasteiger partial charge is 0.493 e. The van der Waals surface area contributed by atoms with E-state index in [1.807, 2.05) is 42.5 Å². The van der Waals surface area contributed by atoms with Gasteiger partial charge < -0.3 is 28.4 Å². The lowest BCUT2D eigenvalue weighted by Gasteiger charge is -2.15. The topological polar surface area (TPSA) is 89.5 Å². The molecule has 8 nitrogen and oxygen atoms in total. The summed E-state index contributed by atoms with van der Waals surface area (Å²) in [6.45, 7) is 12.2. The Balaban J connectivity index is 1.99. The first kappa shape index (κ1) is 29.5. The van der Waals surface area contributed by atoms with Crippen molar-refractivity contribution in [2.24, 2.45) is 0 Å². The summed E-state index contributed by atoms with van der Waals surface area (Å²) in [7, 11) is 1.49. The van der Waals surface area contributed by atoms with Crippen LogP contribution in [-0.2, 0) is 23.8 Å². The molecule has 2 aromatic rings. The molecule has 2 aromatic carbocycles. The lowest BCUT2D eigenvalue weighted by Crippen LogP contribution is -2.15. The molecule has 0 aliphatic rings. The number of hydrogen-bond donors (Lipinski definition) is 0. The number of rotatable bonds is 17. The highest BCUT2D eigenvalue weighted by Crippen LogP contribution is 2.34. The number of benzene rings is 2. The first-order valence-corrected chi connectivity index (χ1v) is 12.1. The zero-order valence-electron chi connectivity index (χ0n) is 21.9. The van der Waals surface area contributed by atoms with Crippen molar-refractivity contribution >= 4 is 11.9 Å². The van der Waals surface area contributed by atoms with Gasteiger partial charge in [-0.05, 0) is 43.2 Å². The van der Waals surface area contributed by atoms with Crippen molar-refractivity contribution in [2.75, 3.05) is 46.8 Å². The van der Waals surface area contributed by atoms with E-state index < -0.39 is 11.9 Å². The molecule has 0 atom stereocenters. The van der Waals surface area contributed by atoms with Gasteiger partial charge in [0.15, 0.2) is 0 Å². The van der Waals surface area contributed by atoms with Crippen molar-refractivity contribution in [3.8, 4) is 28.4 Å². The molecule has 0 fully saturated rings. The van der Waals surface area contributed by atoms with Crippen molar-refractivity contribution in [3.05, 3.63) is 66.8 Å². The molecule has 2 rings (SSSR count). The van der Waals surface area contributed by atoms with Crippen LogP contribution in [0.3, 0.4) is 0 Å². The molecule has 0 N–H and O–H groups in total. The maximum Gasteiger partial charge on any atom is 0.335 e. The highest BCUT2D eigenvalue weighted by atomic mass is 16.6. The van der Waals surface area contributed by atoms with Crippen LogP contribution in [0.25, 0.3) is 11.1 Å². The molecule has 0 saturated heterocycles. The van der Waals surface area contributed by atoms with Crippen molar-refractivity contribution in [3.63, 3.8) is 0 Å². The van der Waals surface area contributed by atoms with E-state index in [0.29, 0.717) is 29.4 Å². The van der Waals surface area contributed by atoms with Crippen LogP contribution in [0.15, 0.2) is 66.8 Å².